The number of amides is 1. The molecule has 3 rings (SSSR count). The summed E-state index contributed by atoms with van der Waals surface area (Å²) in [4.78, 5) is 26.7. The summed E-state index contributed by atoms with van der Waals surface area (Å²) in [5.41, 5.74) is -8.36. The molecule has 0 aromatic heterocycles. The van der Waals surface area contributed by atoms with Gasteiger partial charge in [0.15, 0.2) is 0 Å². The van der Waals surface area contributed by atoms with E-state index >= 15 is 0 Å². The first-order valence-electron chi connectivity index (χ1n) is 11.5. The van der Waals surface area contributed by atoms with E-state index in [1.54, 1.807) is 6.92 Å². The number of nitrogens with zero attached hydrogens (tertiary/aromatic N) is 2. The smallest absolute Gasteiger partial charge is 0.416 e. The number of halogens is 9. The lowest BCUT2D eigenvalue weighted by molar-refractivity contribution is -0.144. The van der Waals surface area contributed by atoms with E-state index in [9.17, 15) is 54.2 Å². The van der Waals surface area contributed by atoms with Crippen LogP contribution in [0.1, 0.15) is 53.5 Å². The van der Waals surface area contributed by atoms with Gasteiger partial charge in [0.25, 0.3) is 0 Å². The second kappa shape index (κ2) is 10.0. The van der Waals surface area contributed by atoms with Crippen molar-refractivity contribution in [1.82, 2.24) is 4.90 Å². The molecule has 0 aliphatic carbocycles. The standard InChI is InChI=1S/C25H23F9N2O3/c1-4-17-11-19(18-10-13(23(26,27)28)5-6-20(18)36(17)21(38)39)22(12-37,35(2)3)14-7-15(24(29,30)31)9-16(8-14)25(32,33)34/h5-10,12,17,19H,4,11H2,1-3H3,(H,38,39). The molecular weight excluding hydrogens is 547 g/mol. The van der Waals surface area contributed by atoms with Crippen molar-refractivity contribution in [2.24, 2.45) is 0 Å². The van der Waals surface area contributed by atoms with Crippen molar-refractivity contribution in [2.75, 3.05) is 19.0 Å². The van der Waals surface area contributed by atoms with Gasteiger partial charge in [-0.15, -0.1) is 0 Å². The minimum Gasteiger partial charge on any atom is -0.465 e. The normalized spacial score (nSPS) is 20.0. The summed E-state index contributed by atoms with van der Waals surface area (Å²) in [5, 5.41) is 9.81. The summed E-state index contributed by atoms with van der Waals surface area (Å²) in [6, 6.07) is 1.73. The topological polar surface area (TPSA) is 60.9 Å². The summed E-state index contributed by atoms with van der Waals surface area (Å²) < 4.78 is 123. The SMILES string of the molecule is CCC1CC(C(C=O)(c2cc(C(F)(F)F)cc(C(F)(F)F)c2)N(C)C)c2cc(C(F)(F)F)ccc2N1C(=O)O. The molecular formula is C25H23F9N2O3. The summed E-state index contributed by atoms with van der Waals surface area (Å²) >= 11 is 0. The molecule has 1 aliphatic heterocycles. The van der Waals surface area contributed by atoms with Crippen molar-refractivity contribution >= 4 is 18.1 Å². The lowest BCUT2D eigenvalue weighted by atomic mass is 9.68. The molecule has 5 nitrogen and oxygen atoms in total. The van der Waals surface area contributed by atoms with E-state index in [0.29, 0.717) is 24.3 Å². The Morgan fingerprint density at radius 3 is 1.77 bits per heavy atom. The predicted molar refractivity (Wildman–Crippen MR) is 121 cm³/mol. The van der Waals surface area contributed by atoms with Crippen LogP contribution in [-0.2, 0) is 28.9 Å². The zero-order valence-electron chi connectivity index (χ0n) is 20.7. The Kier molecular flexibility index (Phi) is 7.78. The van der Waals surface area contributed by atoms with Crippen LogP contribution in [-0.4, -0.2) is 42.5 Å². The Hall–Kier alpha value is -3.29. The second-order valence-electron chi connectivity index (χ2n) is 9.41. The zero-order chi connectivity index (χ0) is 29.7. The lowest BCUT2D eigenvalue weighted by Gasteiger charge is -2.49. The number of rotatable bonds is 5. The number of carboxylic acid groups (broad SMARTS) is 1. The third-order valence-corrected chi connectivity index (χ3v) is 7.04. The molecule has 1 heterocycles. The first-order chi connectivity index (χ1) is 17.8. The molecule has 0 spiro atoms. The molecule has 1 N–H and O–H groups in total. The van der Waals surface area contributed by atoms with E-state index in [-0.39, 0.29) is 36.4 Å². The molecule has 1 amide bonds. The van der Waals surface area contributed by atoms with Crippen LogP contribution in [0.25, 0.3) is 0 Å². The lowest BCUT2D eigenvalue weighted by Crippen LogP contribution is -2.53. The number of likely N-dealkylation sites (N-methyl/N-ethyl adjacent to an activating group) is 1. The van der Waals surface area contributed by atoms with E-state index in [2.05, 4.69) is 0 Å². The van der Waals surface area contributed by atoms with Crippen LogP contribution in [0.15, 0.2) is 36.4 Å². The Labute approximate surface area is 216 Å². The maximum absolute atomic E-state index is 13.7. The highest BCUT2D eigenvalue weighted by Gasteiger charge is 2.51. The fraction of sp³-hybridized carbons (Fsp3) is 0.440. The van der Waals surface area contributed by atoms with Crippen LogP contribution in [0.4, 0.5) is 50.0 Å². The van der Waals surface area contributed by atoms with Gasteiger partial charge in [0, 0.05) is 12.0 Å². The van der Waals surface area contributed by atoms with Gasteiger partial charge in [-0.3, -0.25) is 9.80 Å². The fourth-order valence-corrected chi connectivity index (χ4v) is 5.17. The molecule has 214 valence electrons. The number of hydrogen-bond acceptors (Lipinski definition) is 3. The maximum atomic E-state index is 13.7. The third-order valence-electron chi connectivity index (χ3n) is 7.04. The summed E-state index contributed by atoms with van der Waals surface area (Å²) in [5.74, 6) is -1.47. The molecule has 3 atom stereocenters. The Morgan fingerprint density at radius 2 is 1.38 bits per heavy atom. The maximum Gasteiger partial charge on any atom is 0.416 e. The van der Waals surface area contributed by atoms with Gasteiger partial charge in [-0.05, 0) is 74.5 Å². The number of alkyl halides is 9. The predicted octanol–water partition coefficient (Wildman–Crippen LogP) is 7.15. The Bertz CT molecular complexity index is 1220. The molecule has 39 heavy (non-hydrogen) atoms. The average molecular weight is 570 g/mol. The van der Waals surface area contributed by atoms with Crippen LogP contribution in [0.3, 0.4) is 0 Å². The Morgan fingerprint density at radius 1 is 0.897 bits per heavy atom. The van der Waals surface area contributed by atoms with Gasteiger partial charge in [-0.25, -0.2) is 4.79 Å². The van der Waals surface area contributed by atoms with Crippen LogP contribution in [0.5, 0.6) is 0 Å². The largest absolute Gasteiger partial charge is 0.465 e. The van der Waals surface area contributed by atoms with Crippen molar-refractivity contribution in [3.8, 4) is 0 Å². The van der Waals surface area contributed by atoms with Gasteiger partial charge in [-0.2, -0.15) is 39.5 Å². The van der Waals surface area contributed by atoms with Crippen molar-refractivity contribution in [3.63, 3.8) is 0 Å². The molecule has 0 saturated heterocycles. The van der Waals surface area contributed by atoms with E-state index in [1.807, 2.05) is 0 Å². The highest BCUT2D eigenvalue weighted by atomic mass is 19.4. The molecule has 3 unspecified atom stereocenters. The average Bonchev–Trinajstić information content (AvgIpc) is 2.81. The second-order valence-corrected chi connectivity index (χ2v) is 9.41. The van der Waals surface area contributed by atoms with E-state index in [0.717, 1.165) is 15.9 Å². The number of carbonyl (C=O) groups is 2. The minimum atomic E-state index is -5.25. The molecule has 0 saturated carbocycles. The van der Waals surface area contributed by atoms with Gasteiger partial charge in [0.1, 0.15) is 11.8 Å². The van der Waals surface area contributed by atoms with Crippen LogP contribution in [0, 0.1) is 0 Å². The molecule has 14 heteroatoms. The summed E-state index contributed by atoms with van der Waals surface area (Å²) in [6.07, 6.45) is -17.1. The highest BCUT2D eigenvalue weighted by molar-refractivity contribution is 5.90. The molecule has 0 fully saturated rings. The summed E-state index contributed by atoms with van der Waals surface area (Å²) in [6.45, 7) is 1.55. The number of fused-ring (bicyclic) bond motifs is 1. The fourth-order valence-electron chi connectivity index (χ4n) is 5.17. The minimum absolute atomic E-state index is 0.0853. The van der Waals surface area contributed by atoms with E-state index in [1.165, 1.54) is 14.1 Å². The number of hydrogen-bond donors (Lipinski definition) is 1. The van der Waals surface area contributed by atoms with Crippen LogP contribution >= 0.6 is 0 Å². The molecule has 1 aliphatic rings. The van der Waals surface area contributed by atoms with Crippen molar-refractivity contribution in [1.29, 1.82) is 0 Å². The van der Waals surface area contributed by atoms with E-state index < -0.39 is 64.4 Å². The van der Waals surface area contributed by atoms with Crippen molar-refractivity contribution < 1.29 is 54.2 Å². The first-order valence-corrected chi connectivity index (χ1v) is 11.5. The van der Waals surface area contributed by atoms with Crippen molar-refractivity contribution in [2.45, 2.75) is 55.8 Å². The third kappa shape index (κ3) is 5.43. The monoisotopic (exact) mass is 570 g/mol. The number of benzene rings is 2. The number of anilines is 1. The number of carbonyl (C=O) groups excluding carboxylic acids is 1. The van der Waals surface area contributed by atoms with Crippen molar-refractivity contribution in [3.05, 3.63) is 64.2 Å². The van der Waals surface area contributed by atoms with Crippen LogP contribution < -0.4 is 4.90 Å². The first kappa shape index (κ1) is 30.3. The quantitative estimate of drug-likeness (QED) is 0.307. The van der Waals surface area contributed by atoms with Crippen LogP contribution in [0.2, 0.25) is 0 Å². The molecule has 2 aromatic carbocycles. The van der Waals surface area contributed by atoms with Gasteiger partial charge in [0.2, 0.25) is 0 Å². The van der Waals surface area contributed by atoms with E-state index in [4.69, 9.17) is 0 Å². The number of aldehydes is 1. The highest BCUT2D eigenvalue weighted by Crippen LogP contribution is 2.52. The molecule has 0 bridgehead atoms. The summed E-state index contributed by atoms with van der Waals surface area (Å²) in [7, 11) is 2.39. The Balaban J connectivity index is 2.46. The van der Waals surface area contributed by atoms with Gasteiger partial charge in [0.05, 0.1) is 22.4 Å². The zero-order valence-corrected chi connectivity index (χ0v) is 20.7. The molecule has 0 radical (unpaired) electrons. The molecule has 2 aromatic rings. The van der Waals surface area contributed by atoms with Gasteiger partial charge in [-0.1, -0.05) is 6.92 Å². The van der Waals surface area contributed by atoms with Gasteiger partial charge >= 0.3 is 24.6 Å². The van der Waals surface area contributed by atoms with Gasteiger partial charge < -0.3 is 9.90 Å².